The predicted octanol–water partition coefficient (Wildman–Crippen LogP) is 3.36. The summed E-state index contributed by atoms with van der Waals surface area (Å²) in [6.07, 6.45) is -1.90. The third-order valence-electron chi connectivity index (χ3n) is 3.85. The highest BCUT2D eigenvalue weighted by Crippen LogP contribution is 2.27. The first-order valence-electron chi connectivity index (χ1n) is 9.12. The van der Waals surface area contributed by atoms with Crippen molar-refractivity contribution in [3.63, 3.8) is 0 Å². The van der Waals surface area contributed by atoms with Crippen LogP contribution in [0, 0.1) is 0 Å². The van der Waals surface area contributed by atoms with E-state index in [0.717, 1.165) is 10.6 Å². The summed E-state index contributed by atoms with van der Waals surface area (Å²) in [5.41, 5.74) is -0.512. The molecule has 2 amide bonds. The lowest BCUT2D eigenvalue weighted by molar-refractivity contribution is -0.0543. The van der Waals surface area contributed by atoms with Crippen molar-refractivity contribution in [1.82, 2.24) is 10.0 Å². The molecular formula is C20H30N2O5. The topological polar surface area (TPSA) is 79.3 Å². The number of carbonyl (C=O) groups excluding carboxylic acids is 2. The highest BCUT2D eigenvalue weighted by molar-refractivity contribution is 5.76. The van der Waals surface area contributed by atoms with Crippen LogP contribution >= 0.6 is 0 Å². The number of ether oxygens (including phenoxy) is 2. The largest absolute Gasteiger partial charge is 0.442 e. The average molecular weight is 378 g/mol. The van der Waals surface area contributed by atoms with Gasteiger partial charge in [0.05, 0.1) is 18.7 Å². The van der Waals surface area contributed by atoms with E-state index in [9.17, 15) is 14.7 Å². The summed E-state index contributed by atoms with van der Waals surface area (Å²) < 4.78 is 10.9. The van der Waals surface area contributed by atoms with Gasteiger partial charge in [0.15, 0.2) is 0 Å². The zero-order chi connectivity index (χ0) is 20.4. The van der Waals surface area contributed by atoms with Crippen LogP contribution in [0.4, 0.5) is 9.59 Å². The summed E-state index contributed by atoms with van der Waals surface area (Å²) in [4.78, 5) is 25.5. The van der Waals surface area contributed by atoms with Gasteiger partial charge in [-0.05, 0) is 53.5 Å². The van der Waals surface area contributed by atoms with Crippen molar-refractivity contribution >= 4 is 12.2 Å². The van der Waals surface area contributed by atoms with E-state index in [-0.39, 0.29) is 6.54 Å². The third-order valence-corrected chi connectivity index (χ3v) is 3.85. The summed E-state index contributed by atoms with van der Waals surface area (Å²) in [5, 5.41) is 12.9. The molecule has 0 saturated carbocycles. The molecule has 0 aromatic heterocycles. The van der Waals surface area contributed by atoms with E-state index < -0.39 is 35.5 Å². The number of hydrogen-bond donors (Lipinski definition) is 1. The molecular weight excluding hydrogens is 348 g/mol. The Labute approximate surface area is 160 Å². The van der Waals surface area contributed by atoms with Gasteiger partial charge in [-0.3, -0.25) is 0 Å². The monoisotopic (exact) mass is 378 g/mol. The van der Waals surface area contributed by atoms with Gasteiger partial charge in [0.25, 0.3) is 0 Å². The van der Waals surface area contributed by atoms with E-state index in [4.69, 9.17) is 9.47 Å². The van der Waals surface area contributed by atoms with Gasteiger partial charge in [-0.2, -0.15) is 0 Å². The zero-order valence-electron chi connectivity index (χ0n) is 16.9. The molecule has 1 saturated heterocycles. The Morgan fingerprint density at radius 2 is 1.52 bits per heavy atom. The van der Waals surface area contributed by atoms with Crippen LogP contribution in [0.2, 0.25) is 0 Å². The third kappa shape index (κ3) is 5.85. The van der Waals surface area contributed by atoms with Crippen LogP contribution in [0.1, 0.15) is 47.1 Å². The number of hydrazine groups is 1. The maximum atomic E-state index is 12.8. The quantitative estimate of drug-likeness (QED) is 0.854. The fourth-order valence-corrected chi connectivity index (χ4v) is 2.83. The summed E-state index contributed by atoms with van der Waals surface area (Å²) >= 11 is 0. The number of aliphatic hydroxyl groups excluding tert-OH is 1. The Kier molecular flexibility index (Phi) is 6.04. The van der Waals surface area contributed by atoms with E-state index in [1.165, 1.54) is 5.01 Å². The minimum Gasteiger partial charge on any atom is -0.442 e. The lowest BCUT2D eigenvalue weighted by atomic mass is 10.0. The first-order valence-corrected chi connectivity index (χ1v) is 9.12. The fraction of sp³-hybridized carbons (Fsp3) is 0.600. The second-order valence-corrected chi connectivity index (χ2v) is 8.71. The Morgan fingerprint density at radius 3 is 2.04 bits per heavy atom. The van der Waals surface area contributed by atoms with Gasteiger partial charge in [-0.1, -0.05) is 30.3 Å². The number of benzene rings is 1. The van der Waals surface area contributed by atoms with Crippen LogP contribution in [0.3, 0.4) is 0 Å². The first kappa shape index (κ1) is 21.0. The molecule has 7 heteroatoms. The normalized spacial score (nSPS) is 20.6. The molecule has 2 atom stereocenters. The summed E-state index contributed by atoms with van der Waals surface area (Å²) in [6, 6.07) is 8.87. The number of nitrogens with zero attached hydrogens (tertiary/aromatic N) is 2. The predicted molar refractivity (Wildman–Crippen MR) is 101 cm³/mol. The number of rotatable bonds is 2. The lowest BCUT2D eigenvalue weighted by Gasteiger charge is -2.34. The van der Waals surface area contributed by atoms with Gasteiger partial charge in [-0.25, -0.2) is 19.6 Å². The second-order valence-electron chi connectivity index (χ2n) is 8.71. The molecule has 2 rings (SSSR count). The Bertz CT molecular complexity index is 663. The molecule has 150 valence electrons. The summed E-state index contributed by atoms with van der Waals surface area (Å²) in [6.45, 7) is 10.5. The van der Waals surface area contributed by atoms with Crippen LogP contribution in [0.25, 0.3) is 0 Å². The molecule has 0 bridgehead atoms. The molecule has 1 aromatic carbocycles. The van der Waals surface area contributed by atoms with Crippen molar-refractivity contribution in [2.75, 3.05) is 6.54 Å². The van der Waals surface area contributed by atoms with Gasteiger partial charge in [0, 0.05) is 0 Å². The molecule has 0 aliphatic carbocycles. The zero-order valence-corrected chi connectivity index (χ0v) is 16.9. The van der Waals surface area contributed by atoms with Crippen LogP contribution in [0.15, 0.2) is 30.3 Å². The van der Waals surface area contributed by atoms with Gasteiger partial charge >= 0.3 is 12.2 Å². The van der Waals surface area contributed by atoms with Crippen molar-refractivity contribution in [3.05, 3.63) is 35.9 Å². The van der Waals surface area contributed by atoms with Crippen LogP contribution in [-0.4, -0.2) is 57.2 Å². The standard InChI is InChI=1S/C20H30N2O5/c1-19(2,3)26-17(24)21-13-16(23)15(12-14-10-8-7-9-11-14)22(21)18(25)27-20(4,5)6/h7-11,15-16,23H,12-13H2,1-6H3/t15-,16+/m0/s1. The van der Waals surface area contributed by atoms with Crippen molar-refractivity contribution in [2.45, 2.75) is 71.3 Å². The van der Waals surface area contributed by atoms with E-state index >= 15 is 0 Å². The van der Waals surface area contributed by atoms with Gasteiger partial charge < -0.3 is 14.6 Å². The lowest BCUT2D eigenvalue weighted by Crippen LogP contribution is -2.52. The number of β-amino-alcohol motifs (C(OH)–C–C–N with tert-alkyl or cyclic N) is 1. The number of carbonyl (C=O) groups is 2. The fourth-order valence-electron chi connectivity index (χ4n) is 2.83. The Balaban J connectivity index is 2.30. The molecule has 1 aliphatic heterocycles. The van der Waals surface area contributed by atoms with Crippen molar-refractivity contribution in [3.8, 4) is 0 Å². The van der Waals surface area contributed by atoms with Crippen LogP contribution < -0.4 is 0 Å². The molecule has 0 radical (unpaired) electrons. The first-order chi connectivity index (χ1) is 12.4. The van der Waals surface area contributed by atoms with Crippen molar-refractivity contribution < 1.29 is 24.2 Å². The van der Waals surface area contributed by atoms with E-state index in [1.54, 1.807) is 41.5 Å². The number of hydrogen-bond acceptors (Lipinski definition) is 5. The average Bonchev–Trinajstić information content (AvgIpc) is 2.82. The molecule has 0 spiro atoms. The van der Waals surface area contributed by atoms with Crippen molar-refractivity contribution in [1.29, 1.82) is 0 Å². The van der Waals surface area contributed by atoms with Crippen molar-refractivity contribution in [2.24, 2.45) is 0 Å². The Morgan fingerprint density at radius 1 is 1.00 bits per heavy atom. The van der Waals surface area contributed by atoms with E-state index in [2.05, 4.69) is 0 Å². The number of amides is 2. The molecule has 1 N–H and O–H groups in total. The molecule has 1 aromatic rings. The highest BCUT2D eigenvalue weighted by atomic mass is 16.6. The van der Waals surface area contributed by atoms with Gasteiger partial charge in [0.2, 0.25) is 0 Å². The van der Waals surface area contributed by atoms with Gasteiger partial charge in [0.1, 0.15) is 11.2 Å². The minimum atomic E-state index is -0.912. The Hall–Kier alpha value is -2.28. The maximum Gasteiger partial charge on any atom is 0.429 e. The highest BCUT2D eigenvalue weighted by Gasteiger charge is 2.47. The molecule has 1 aliphatic rings. The summed E-state index contributed by atoms with van der Waals surface area (Å²) in [5.74, 6) is 0. The molecule has 27 heavy (non-hydrogen) atoms. The SMILES string of the molecule is CC(C)(C)OC(=O)N1C[C@@H](O)[C@H](Cc2ccccc2)N1C(=O)OC(C)(C)C. The number of aliphatic hydroxyl groups is 1. The second kappa shape index (κ2) is 7.76. The minimum absolute atomic E-state index is 0.0361. The van der Waals surface area contributed by atoms with E-state index in [0.29, 0.717) is 6.42 Å². The summed E-state index contributed by atoms with van der Waals surface area (Å²) in [7, 11) is 0. The van der Waals surface area contributed by atoms with E-state index in [1.807, 2.05) is 30.3 Å². The maximum absolute atomic E-state index is 12.8. The van der Waals surface area contributed by atoms with Crippen LogP contribution in [-0.2, 0) is 15.9 Å². The smallest absolute Gasteiger partial charge is 0.429 e. The molecule has 1 heterocycles. The van der Waals surface area contributed by atoms with Crippen LogP contribution in [0.5, 0.6) is 0 Å². The molecule has 7 nitrogen and oxygen atoms in total. The molecule has 0 unspecified atom stereocenters. The van der Waals surface area contributed by atoms with Gasteiger partial charge in [-0.15, -0.1) is 0 Å². The molecule has 1 fully saturated rings.